The van der Waals surface area contributed by atoms with Gasteiger partial charge in [0.05, 0.1) is 11.0 Å². The van der Waals surface area contributed by atoms with Crippen molar-refractivity contribution in [2.45, 2.75) is 11.7 Å². The lowest BCUT2D eigenvalue weighted by Gasteiger charge is -2.37. The number of nitrogens with one attached hydrogen (secondary N) is 1. The summed E-state index contributed by atoms with van der Waals surface area (Å²) in [6, 6.07) is 11.6. The number of anilines is 1. The van der Waals surface area contributed by atoms with E-state index in [1.165, 1.54) is 29.1 Å². The van der Waals surface area contributed by atoms with E-state index < -0.39 is 15.7 Å². The first-order chi connectivity index (χ1) is 17.2. The molecule has 2 aromatic heterocycles. The highest BCUT2D eigenvalue weighted by Crippen LogP contribution is 2.32. The third kappa shape index (κ3) is 4.59. The number of carbonyl (C=O) groups is 1. The lowest BCUT2D eigenvalue weighted by Crippen LogP contribution is -2.50. The summed E-state index contributed by atoms with van der Waals surface area (Å²) in [5, 5.41) is -0.300. The molecule has 1 amide bonds. The second-order valence-electron chi connectivity index (χ2n) is 8.59. The van der Waals surface area contributed by atoms with E-state index in [0.29, 0.717) is 48.3 Å². The minimum absolute atomic E-state index is 0.0608. The molecule has 36 heavy (non-hydrogen) atoms. The number of fused-ring (bicyclic) bond motifs is 1. The maximum atomic E-state index is 14.1. The van der Waals surface area contributed by atoms with Gasteiger partial charge in [0.1, 0.15) is 12.4 Å². The molecule has 0 spiro atoms. The Morgan fingerprint density at radius 1 is 1.06 bits per heavy atom. The number of carbonyl (C=O) groups excluding carboxylic acids is 1. The number of hydrogen-bond acceptors (Lipinski definition) is 7. The largest absolute Gasteiger partial charge is 0.367 e. The average molecular weight is 511 g/mol. The van der Waals surface area contributed by atoms with Crippen molar-refractivity contribution in [3.63, 3.8) is 0 Å². The summed E-state index contributed by atoms with van der Waals surface area (Å²) in [5.74, 6) is -0.607. The van der Waals surface area contributed by atoms with E-state index in [-0.39, 0.29) is 23.3 Å². The Bertz CT molecular complexity index is 1610. The zero-order valence-electron chi connectivity index (χ0n) is 19.4. The molecule has 0 atom stereocenters. The number of aromatic amines is 1. The van der Waals surface area contributed by atoms with Gasteiger partial charge in [0, 0.05) is 61.6 Å². The van der Waals surface area contributed by atoms with Crippen LogP contribution in [0.4, 0.5) is 10.1 Å². The first-order valence-corrected chi connectivity index (χ1v) is 13.1. The summed E-state index contributed by atoms with van der Waals surface area (Å²) in [4.78, 5) is 39.6. The maximum absolute atomic E-state index is 14.1. The molecule has 1 fully saturated rings. The molecule has 10 nitrogen and oxygen atoms in total. The highest BCUT2D eigenvalue weighted by Gasteiger charge is 2.24. The van der Waals surface area contributed by atoms with Crippen LogP contribution in [0, 0.1) is 5.82 Å². The van der Waals surface area contributed by atoms with Gasteiger partial charge in [-0.3, -0.25) is 9.36 Å². The van der Waals surface area contributed by atoms with Crippen molar-refractivity contribution in [1.82, 2.24) is 24.4 Å². The van der Waals surface area contributed by atoms with Crippen molar-refractivity contribution < 1.29 is 17.6 Å². The minimum Gasteiger partial charge on any atom is -0.367 e. The lowest BCUT2D eigenvalue weighted by atomic mass is 10.0. The number of amides is 1. The van der Waals surface area contributed by atoms with Crippen LogP contribution >= 0.6 is 0 Å². The molecule has 4 aromatic rings. The van der Waals surface area contributed by atoms with E-state index in [4.69, 9.17) is 0 Å². The summed E-state index contributed by atoms with van der Waals surface area (Å²) in [6.45, 7) is 1.78. The Labute approximate surface area is 205 Å². The highest BCUT2D eigenvalue weighted by atomic mass is 32.2. The molecule has 1 saturated heterocycles. The molecular weight excluding hydrogens is 487 g/mol. The topological polar surface area (TPSA) is 121 Å². The molecule has 0 unspecified atom stereocenters. The van der Waals surface area contributed by atoms with Gasteiger partial charge < -0.3 is 14.8 Å². The van der Waals surface area contributed by atoms with E-state index in [0.717, 1.165) is 11.9 Å². The third-order valence-electron chi connectivity index (χ3n) is 6.18. The Kier molecular flexibility index (Phi) is 6.04. The zero-order valence-corrected chi connectivity index (χ0v) is 20.2. The SMILES string of the molecule is CS(=O)(=O)c1ncc(-c2cc(F)ccc2N2CCN(C(=O)Cn3c(=O)[nH]c4ccccc43)CC2)cn1. The lowest BCUT2D eigenvalue weighted by molar-refractivity contribution is -0.132. The van der Waals surface area contributed by atoms with Gasteiger partial charge in [-0.25, -0.2) is 27.6 Å². The number of sulfone groups is 1. The molecule has 186 valence electrons. The van der Waals surface area contributed by atoms with Crippen molar-refractivity contribution in [3.05, 3.63) is 71.2 Å². The first-order valence-electron chi connectivity index (χ1n) is 11.2. The van der Waals surface area contributed by atoms with Crippen molar-refractivity contribution in [3.8, 4) is 11.1 Å². The number of imidazole rings is 1. The fourth-order valence-corrected chi connectivity index (χ4v) is 4.85. The number of rotatable bonds is 5. The van der Waals surface area contributed by atoms with E-state index in [1.807, 2.05) is 17.0 Å². The number of H-pyrrole nitrogens is 1. The number of benzene rings is 2. The second kappa shape index (κ2) is 9.19. The molecule has 0 bridgehead atoms. The predicted octanol–water partition coefficient (Wildman–Crippen LogP) is 1.68. The molecule has 5 rings (SSSR count). The van der Waals surface area contributed by atoms with Gasteiger partial charge in [0.25, 0.3) is 0 Å². The molecule has 1 aliphatic heterocycles. The molecule has 2 aromatic carbocycles. The normalized spacial score (nSPS) is 14.4. The Morgan fingerprint density at radius 3 is 2.44 bits per heavy atom. The maximum Gasteiger partial charge on any atom is 0.326 e. The van der Waals surface area contributed by atoms with Gasteiger partial charge in [0.2, 0.25) is 20.9 Å². The van der Waals surface area contributed by atoms with Crippen molar-refractivity contribution in [2.75, 3.05) is 37.3 Å². The summed E-state index contributed by atoms with van der Waals surface area (Å²) in [7, 11) is -3.56. The van der Waals surface area contributed by atoms with Gasteiger partial charge in [-0.15, -0.1) is 0 Å². The van der Waals surface area contributed by atoms with Crippen molar-refractivity contribution in [1.29, 1.82) is 0 Å². The smallest absolute Gasteiger partial charge is 0.326 e. The molecular formula is C24H23FN6O4S. The van der Waals surface area contributed by atoms with Crippen LogP contribution in [0.3, 0.4) is 0 Å². The standard InChI is InChI=1S/C24H23FN6O4S/c1-36(34,35)23-26-13-16(14-27-23)18-12-17(25)6-7-20(18)29-8-10-30(11-9-29)22(32)15-31-21-5-3-2-4-19(21)28-24(31)33/h2-7,12-14H,8-11,15H2,1H3,(H,28,33). The van der Waals surface area contributed by atoms with Crippen LogP contribution in [0.2, 0.25) is 0 Å². The molecule has 1 N–H and O–H groups in total. The number of hydrogen-bond donors (Lipinski definition) is 1. The van der Waals surface area contributed by atoms with Gasteiger partial charge >= 0.3 is 5.69 Å². The van der Waals surface area contributed by atoms with Crippen LogP contribution in [0.25, 0.3) is 22.2 Å². The summed E-state index contributed by atoms with van der Waals surface area (Å²) in [5.41, 5.74) is 2.76. The van der Waals surface area contributed by atoms with Crippen molar-refractivity contribution in [2.24, 2.45) is 0 Å². The number of piperazine rings is 1. The summed E-state index contributed by atoms with van der Waals surface area (Å²) >= 11 is 0. The fraction of sp³-hybridized carbons (Fsp3) is 0.250. The van der Waals surface area contributed by atoms with Crippen LogP contribution in [0.15, 0.2) is 64.8 Å². The average Bonchev–Trinajstić information content (AvgIpc) is 3.18. The minimum atomic E-state index is -3.56. The van der Waals surface area contributed by atoms with E-state index in [1.54, 1.807) is 23.1 Å². The summed E-state index contributed by atoms with van der Waals surface area (Å²) in [6.07, 6.45) is 3.74. The van der Waals surface area contributed by atoms with Gasteiger partial charge in [-0.2, -0.15) is 0 Å². The van der Waals surface area contributed by atoms with Crippen molar-refractivity contribution >= 4 is 32.5 Å². The number of nitrogens with zero attached hydrogens (tertiary/aromatic N) is 5. The van der Waals surface area contributed by atoms with Crippen LogP contribution < -0.4 is 10.6 Å². The molecule has 0 aliphatic carbocycles. The van der Waals surface area contributed by atoms with E-state index in [2.05, 4.69) is 15.0 Å². The molecule has 3 heterocycles. The number of aromatic nitrogens is 4. The molecule has 0 saturated carbocycles. The summed E-state index contributed by atoms with van der Waals surface area (Å²) < 4.78 is 38.9. The van der Waals surface area contributed by atoms with E-state index in [9.17, 15) is 22.4 Å². The van der Waals surface area contributed by atoms with Crippen LogP contribution in [-0.4, -0.2) is 71.2 Å². The van der Waals surface area contributed by atoms with Gasteiger partial charge in [0.15, 0.2) is 0 Å². The molecule has 0 radical (unpaired) electrons. The van der Waals surface area contributed by atoms with Crippen LogP contribution in [-0.2, 0) is 21.2 Å². The van der Waals surface area contributed by atoms with Crippen LogP contribution in [0.5, 0.6) is 0 Å². The Balaban J connectivity index is 1.32. The number of halogens is 1. The van der Waals surface area contributed by atoms with Gasteiger partial charge in [-0.05, 0) is 30.3 Å². The van der Waals surface area contributed by atoms with Gasteiger partial charge in [-0.1, -0.05) is 12.1 Å². The quantitative estimate of drug-likeness (QED) is 0.406. The first kappa shape index (κ1) is 23.7. The molecule has 1 aliphatic rings. The Hall–Kier alpha value is -4.06. The van der Waals surface area contributed by atoms with E-state index >= 15 is 0 Å². The number of para-hydroxylation sites is 2. The van der Waals surface area contributed by atoms with Crippen LogP contribution in [0.1, 0.15) is 0 Å². The monoisotopic (exact) mass is 510 g/mol. The highest BCUT2D eigenvalue weighted by molar-refractivity contribution is 7.90. The molecule has 12 heteroatoms. The fourth-order valence-electron chi connectivity index (χ4n) is 4.36. The second-order valence-corrected chi connectivity index (χ2v) is 10.5. The Morgan fingerprint density at radius 2 is 1.75 bits per heavy atom. The predicted molar refractivity (Wildman–Crippen MR) is 132 cm³/mol. The zero-order chi connectivity index (χ0) is 25.4. The third-order valence-corrected chi connectivity index (χ3v) is 7.05.